The normalized spacial score (nSPS) is 10.4. The van der Waals surface area contributed by atoms with Crippen molar-refractivity contribution in [3.63, 3.8) is 0 Å². The largest absolute Gasteiger partial charge is 0.491 e. The van der Waals surface area contributed by atoms with Crippen LogP contribution in [0.3, 0.4) is 0 Å². The lowest BCUT2D eigenvalue weighted by molar-refractivity contribution is 0.103. The number of nitrogens with one attached hydrogen (secondary N) is 1. The van der Waals surface area contributed by atoms with Gasteiger partial charge in [0.05, 0.1) is 21.6 Å². The molecule has 3 nitrogen and oxygen atoms in total. The van der Waals surface area contributed by atoms with Gasteiger partial charge in [-0.15, -0.1) is 11.3 Å². The maximum absolute atomic E-state index is 12.2. The highest BCUT2D eigenvalue weighted by Gasteiger charge is 2.15. The highest BCUT2D eigenvalue weighted by atomic mass is 79.9. The zero-order chi connectivity index (χ0) is 14.7. The number of carbonyl (C=O) groups is 1. The van der Waals surface area contributed by atoms with E-state index in [-0.39, 0.29) is 5.91 Å². The second kappa shape index (κ2) is 6.61. The minimum Gasteiger partial charge on any atom is -0.491 e. The summed E-state index contributed by atoms with van der Waals surface area (Å²) < 4.78 is 6.26. The number of ether oxygens (including phenoxy) is 1. The summed E-state index contributed by atoms with van der Waals surface area (Å²) in [4.78, 5) is 13.9. The van der Waals surface area contributed by atoms with E-state index in [1.54, 1.807) is 18.2 Å². The molecule has 106 valence electrons. The standard InChI is InChI=1S/C14H13BrClNO2S/c1-3-19-13-10(15)6-9(16)7-11(13)17-14(18)12-5-4-8(2)20-12/h4-7H,3H2,1-2H3,(H,17,18). The molecule has 0 aliphatic carbocycles. The van der Waals surface area contributed by atoms with Gasteiger partial charge in [-0.3, -0.25) is 4.79 Å². The fourth-order valence-electron chi connectivity index (χ4n) is 1.68. The van der Waals surface area contributed by atoms with Crippen molar-refractivity contribution >= 4 is 50.5 Å². The van der Waals surface area contributed by atoms with Gasteiger partial charge >= 0.3 is 0 Å². The molecule has 1 amide bonds. The van der Waals surface area contributed by atoms with Crippen molar-refractivity contribution in [2.45, 2.75) is 13.8 Å². The molecule has 0 saturated heterocycles. The van der Waals surface area contributed by atoms with Crippen LogP contribution >= 0.6 is 38.9 Å². The first kappa shape index (κ1) is 15.4. The van der Waals surface area contributed by atoms with Crippen LogP contribution in [0.2, 0.25) is 5.02 Å². The van der Waals surface area contributed by atoms with Crippen LogP contribution in [0.5, 0.6) is 5.75 Å². The molecular formula is C14H13BrClNO2S. The Bertz CT molecular complexity index is 642. The predicted octanol–water partition coefficient (Wildman–Crippen LogP) is 5.12. The van der Waals surface area contributed by atoms with Crippen LogP contribution in [0.25, 0.3) is 0 Å². The Hall–Kier alpha value is -1.04. The second-order valence-electron chi connectivity index (χ2n) is 4.06. The Morgan fingerprint density at radius 3 is 2.80 bits per heavy atom. The second-order valence-corrected chi connectivity index (χ2v) is 6.64. The summed E-state index contributed by atoms with van der Waals surface area (Å²) in [6, 6.07) is 7.12. The van der Waals surface area contributed by atoms with E-state index in [0.717, 1.165) is 4.88 Å². The topological polar surface area (TPSA) is 38.3 Å². The van der Waals surface area contributed by atoms with Gasteiger partial charge in [0.15, 0.2) is 5.75 Å². The molecule has 1 N–H and O–H groups in total. The van der Waals surface area contributed by atoms with Gasteiger partial charge in [0.25, 0.3) is 5.91 Å². The number of aryl methyl sites for hydroxylation is 1. The monoisotopic (exact) mass is 373 g/mol. The van der Waals surface area contributed by atoms with Crippen molar-refractivity contribution in [1.82, 2.24) is 0 Å². The Balaban J connectivity index is 2.30. The zero-order valence-electron chi connectivity index (χ0n) is 11.0. The molecule has 1 heterocycles. The van der Waals surface area contributed by atoms with Gasteiger partial charge in [-0.2, -0.15) is 0 Å². The van der Waals surface area contributed by atoms with E-state index in [0.29, 0.717) is 32.4 Å². The van der Waals surface area contributed by atoms with Gasteiger partial charge in [0.1, 0.15) is 0 Å². The van der Waals surface area contributed by atoms with Crippen LogP contribution in [-0.4, -0.2) is 12.5 Å². The molecular weight excluding hydrogens is 362 g/mol. The average Bonchev–Trinajstić information content (AvgIpc) is 2.80. The molecule has 6 heteroatoms. The Kier molecular flexibility index (Phi) is 5.07. The molecule has 2 rings (SSSR count). The summed E-state index contributed by atoms with van der Waals surface area (Å²) >= 11 is 10.9. The van der Waals surface area contributed by atoms with E-state index >= 15 is 0 Å². The first-order valence-corrected chi connectivity index (χ1v) is 7.99. The summed E-state index contributed by atoms with van der Waals surface area (Å²) in [7, 11) is 0. The van der Waals surface area contributed by atoms with E-state index in [2.05, 4.69) is 21.2 Å². The number of amides is 1. The summed E-state index contributed by atoms with van der Waals surface area (Å²) in [5.74, 6) is 0.414. The molecule has 0 aliphatic heterocycles. The van der Waals surface area contributed by atoms with Gasteiger partial charge < -0.3 is 10.1 Å². The lowest BCUT2D eigenvalue weighted by atomic mass is 10.3. The fourth-order valence-corrected chi connectivity index (χ4v) is 3.37. The quantitative estimate of drug-likeness (QED) is 0.806. The molecule has 0 aliphatic rings. The van der Waals surface area contributed by atoms with E-state index in [9.17, 15) is 4.79 Å². The van der Waals surface area contributed by atoms with Crippen molar-refractivity contribution in [2.24, 2.45) is 0 Å². The molecule has 0 spiro atoms. The number of carbonyl (C=O) groups excluding carboxylic acids is 1. The van der Waals surface area contributed by atoms with Gasteiger partial charge in [-0.1, -0.05) is 11.6 Å². The third kappa shape index (κ3) is 3.53. The van der Waals surface area contributed by atoms with Crippen molar-refractivity contribution in [3.8, 4) is 5.75 Å². The van der Waals surface area contributed by atoms with E-state index in [4.69, 9.17) is 16.3 Å². The highest BCUT2D eigenvalue weighted by molar-refractivity contribution is 9.10. The van der Waals surface area contributed by atoms with Crippen LogP contribution < -0.4 is 10.1 Å². The first-order valence-electron chi connectivity index (χ1n) is 6.01. The van der Waals surface area contributed by atoms with Crippen LogP contribution in [-0.2, 0) is 0 Å². The molecule has 1 aromatic carbocycles. The van der Waals surface area contributed by atoms with Crippen LogP contribution in [0, 0.1) is 6.92 Å². The minimum absolute atomic E-state index is 0.168. The summed E-state index contributed by atoms with van der Waals surface area (Å²) in [5, 5.41) is 3.36. The Morgan fingerprint density at radius 2 is 2.20 bits per heavy atom. The van der Waals surface area contributed by atoms with Gasteiger partial charge in [-0.25, -0.2) is 0 Å². The highest BCUT2D eigenvalue weighted by Crippen LogP contribution is 2.37. The van der Waals surface area contributed by atoms with Crippen molar-refractivity contribution in [2.75, 3.05) is 11.9 Å². The average molecular weight is 375 g/mol. The number of hydrogen-bond donors (Lipinski definition) is 1. The number of benzene rings is 1. The molecule has 0 atom stereocenters. The number of thiophene rings is 1. The summed E-state index contributed by atoms with van der Waals surface area (Å²) in [6.07, 6.45) is 0. The van der Waals surface area contributed by atoms with Gasteiger partial charge in [0.2, 0.25) is 0 Å². The smallest absolute Gasteiger partial charge is 0.265 e. The molecule has 0 unspecified atom stereocenters. The molecule has 20 heavy (non-hydrogen) atoms. The van der Waals surface area contributed by atoms with Crippen molar-refractivity contribution < 1.29 is 9.53 Å². The molecule has 2 aromatic rings. The van der Waals surface area contributed by atoms with Crippen molar-refractivity contribution in [1.29, 1.82) is 0 Å². The Morgan fingerprint density at radius 1 is 1.45 bits per heavy atom. The van der Waals surface area contributed by atoms with Crippen LogP contribution in [0.1, 0.15) is 21.5 Å². The van der Waals surface area contributed by atoms with Gasteiger partial charge in [-0.05, 0) is 54.0 Å². The zero-order valence-corrected chi connectivity index (χ0v) is 14.2. The van der Waals surface area contributed by atoms with E-state index in [1.807, 2.05) is 19.9 Å². The molecule has 0 bridgehead atoms. The number of rotatable bonds is 4. The minimum atomic E-state index is -0.168. The third-order valence-corrected chi connectivity index (χ3v) is 4.32. The van der Waals surface area contributed by atoms with E-state index < -0.39 is 0 Å². The van der Waals surface area contributed by atoms with Crippen LogP contribution in [0.4, 0.5) is 5.69 Å². The number of hydrogen-bond acceptors (Lipinski definition) is 3. The summed E-state index contributed by atoms with van der Waals surface area (Å²) in [6.45, 7) is 4.35. The van der Waals surface area contributed by atoms with Gasteiger partial charge in [0, 0.05) is 9.90 Å². The van der Waals surface area contributed by atoms with E-state index in [1.165, 1.54) is 11.3 Å². The maximum atomic E-state index is 12.2. The Labute approximate surface area is 135 Å². The first-order chi connectivity index (χ1) is 9.51. The maximum Gasteiger partial charge on any atom is 0.265 e. The lowest BCUT2D eigenvalue weighted by Gasteiger charge is -2.13. The molecule has 0 saturated carbocycles. The van der Waals surface area contributed by atoms with Crippen molar-refractivity contribution in [3.05, 3.63) is 43.5 Å². The molecule has 1 aromatic heterocycles. The molecule has 0 fully saturated rings. The van der Waals surface area contributed by atoms with Crippen LogP contribution in [0.15, 0.2) is 28.7 Å². The third-order valence-electron chi connectivity index (χ3n) is 2.51. The summed E-state index contributed by atoms with van der Waals surface area (Å²) in [5.41, 5.74) is 0.558. The fraction of sp³-hybridized carbons (Fsp3) is 0.214. The number of anilines is 1. The SMILES string of the molecule is CCOc1c(Br)cc(Cl)cc1NC(=O)c1ccc(C)s1. The molecule has 0 radical (unpaired) electrons. The number of halogens is 2. The predicted molar refractivity (Wildman–Crippen MR) is 87.3 cm³/mol. The lowest BCUT2D eigenvalue weighted by Crippen LogP contribution is -2.11.